The summed E-state index contributed by atoms with van der Waals surface area (Å²) in [4.78, 5) is 2.29. The fraction of sp³-hybridized carbons (Fsp3) is 0.833. The van der Waals surface area contributed by atoms with Crippen molar-refractivity contribution in [2.45, 2.75) is 25.8 Å². The highest BCUT2D eigenvalue weighted by Gasteiger charge is 2.20. The largest absolute Gasteiger partial charge is 0.395 e. The molecule has 0 spiro atoms. The molecule has 0 aromatic heterocycles. The summed E-state index contributed by atoms with van der Waals surface area (Å²) in [5.74, 6) is 0.771. The maximum atomic E-state index is 8.96. The molecule has 88 valence electrons. The fourth-order valence-corrected chi connectivity index (χ4v) is 2.35. The third-order valence-electron chi connectivity index (χ3n) is 3.05. The van der Waals surface area contributed by atoms with Crippen LogP contribution >= 0.6 is 0 Å². The molecule has 1 heterocycles. The van der Waals surface area contributed by atoms with Crippen molar-refractivity contribution in [3.05, 3.63) is 12.7 Å². The van der Waals surface area contributed by atoms with Crippen molar-refractivity contribution < 1.29 is 5.11 Å². The molecule has 3 heteroatoms. The van der Waals surface area contributed by atoms with E-state index in [1.807, 2.05) is 6.08 Å². The number of aliphatic hydroxyl groups excluding tert-OH is 1. The average Bonchev–Trinajstić information content (AvgIpc) is 2.18. The van der Waals surface area contributed by atoms with Gasteiger partial charge in [-0.15, -0.1) is 6.58 Å². The van der Waals surface area contributed by atoms with Gasteiger partial charge in [-0.1, -0.05) is 6.08 Å². The number of nitrogens with zero attached hydrogens (tertiary/aromatic N) is 1. The van der Waals surface area contributed by atoms with Crippen LogP contribution in [0.25, 0.3) is 0 Å². The second-order valence-corrected chi connectivity index (χ2v) is 4.52. The first-order chi connectivity index (χ1) is 7.26. The Labute approximate surface area is 93.2 Å². The standard InChI is InChI=1S/C12H24N2O/c1-3-6-14(7-8-15)10-12-4-5-13-11(2)9-12/h3,11-13,15H,1,4-10H2,2H3. The second kappa shape index (κ2) is 6.99. The van der Waals surface area contributed by atoms with Crippen molar-refractivity contribution in [3.63, 3.8) is 0 Å². The van der Waals surface area contributed by atoms with Crippen molar-refractivity contribution >= 4 is 0 Å². The van der Waals surface area contributed by atoms with Crippen LogP contribution in [0.3, 0.4) is 0 Å². The first-order valence-corrected chi connectivity index (χ1v) is 5.93. The number of hydrogen-bond donors (Lipinski definition) is 2. The highest BCUT2D eigenvalue weighted by molar-refractivity contribution is 4.80. The second-order valence-electron chi connectivity index (χ2n) is 4.52. The van der Waals surface area contributed by atoms with E-state index in [1.54, 1.807) is 0 Å². The highest BCUT2D eigenvalue weighted by Crippen LogP contribution is 2.17. The molecule has 2 unspecified atom stereocenters. The molecule has 0 aromatic carbocycles. The lowest BCUT2D eigenvalue weighted by Gasteiger charge is -2.32. The number of nitrogens with one attached hydrogen (secondary N) is 1. The summed E-state index contributed by atoms with van der Waals surface area (Å²) < 4.78 is 0. The summed E-state index contributed by atoms with van der Waals surface area (Å²) in [6.45, 7) is 10.1. The van der Waals surface area contributed by atoms with E-state index < -0.39 is 0 Å². The molecule has 0 bridgehead atoms. The quantitative estimate of drug-likeness (QED) is 0.641. The van der Waals surface area contributed by atoms with Crippen molar-refractivity contribution in [2.24, 2.45) is 5.92 Å². The summed E-state index contributed by atoms with van der Waals surface area (Å²) in [5.41, 5.74) is 0. The number of aliphatic hydroxyl groups is 1. The van der Waals surface area contributed by atoms with Gasteiger partial charge < -0.3 is 10.4 Å². The van der Waals surface area contributed by atoms with E-state index in [9.17, 15) is 0 Å². The van der Waals surface area contributed by atoms with Gasteiger partial charge in [-0.2, -0.15) is 0 Å². The minimum absolute atomic E-state index is 0.244. The van der Waals surface area contributed by atoms with Crippen LogP contribution in [0, 0.1) is 5.92 Å². The van der Waals surface area contributed by atoms with E-state index in [0.29, 0.717) is 6.04 Å². The van der Waals surface area contributed by atoms with Crippen molar-refractivity contribution in [3.8, 4) is 0 Å². The lowest BCUT2D eigenvalue weighted by atomic mass is 9.93. The average molecular weight is 212 g/mol. The molecule has 0 aromatic rings. The van der Waals surface area contributed by atoms with Crippen molar-refractivity contribution in [2.75, 3.05) is 32.8 Å². The molecule has 0 aliphatic carbocycles. The van der Waals surface area contributed by atoms with E-state index in [4.69, 9.17) is 5.11 Å². The molecule has 1 rings (SSSR count). The Bertz CT molecular complexity index is 184. The van der Waals surface area contributed by atoms with Gasteiger partial charge in [-0.3, -0.25) is 4.90 Å². The zero-order valence-electron chi connectivity index (χ0n) is 9.78. The molecular formula is C12H24N2O. The Kier molecular flexibility index (Phi) is 5.91. The first-order valence-electron chi connectivity index (χ1n) is 5.93. The third-order valence-corrected chi connectivity index (χ3v) is 3.05. The van der Waals surface area contributed by atoms with Gasteiger partial charge in [0.05, 0.1) is 6.61 Å². The van der Waals surface area contributed by atoms with Crippen molar-refractivity contribution in [1.82, 2.24) is 10.2 Å². The minimum Gasteiger partial charge on any atom is -0.395 e. The van der Waals surface area contributed by atoms with E-state index >= 15 is 0 Å². The molecule has 2 atom stereocenters. The molecule has 15 heavy (non-hydrogen) atoms. The van der Waals surface area contributed by atoms with Gasteiger partial charge in [0.2, 0.25) is 0 Å². The van der Waals surface area contributed by atoms with Crippen LogP contribution in [0.15, 0.2) is 12.7 Å². The van der Waals surface area contributed by atoms with Crippen LogP contribution in [0.5, 0.6) is 0 Å². The van der Waals surface area contributed by atoms with Crippen LogP contribution in [0.1, 0.15) is 19.8 Å². The number of rotatable bonds is 6. The van der Waals surface area contributed by atoms with Crippen LogP contribution in [0.4, 0.5) is 0 Å². The van der Waals surface area contributed by atoms with Gasteiger partial charge in [0.15, 0.2) is 0 Å². The van der Waals surface area contributed by atoms with Crippen LogP contribution in [0.2, 0.25) is 0 Å². The van der Waals surface area contributed by atoms with Crippen LogP contribution in [-0.4, -0.2) is 48.8 Å². The molecule has 3 nitrogen and oxygen atoms in total. The molecule has 1 fully saturated rings. The maximum Gasteiger partial charge on any atom is 0.0558 e. The number of hydrogen-bond acceptors (Lipinski definition) is 3. The van der Waals surface area contributed by atoms with E-state index in [-0.39, 0.29) is 6.61 Å². The molecule has 2 N–H and O–H groups in total. The Morgan fingerprint density at radius 1 is 1.60 bits per heavy atom. The normalized spacial score (nSPS) is 26.9. The van der Waals surface area contributed by atoms with Gasteiger partial charge in [0, 0.05) is 25.7 Å². The van der Waals surface area contributed by atoms with E-state index in [0.717, 1.165) is 32.1 Å². The predicted octanol–water partition coefficient (Wildman–Crippen LogP) is 0.855. The molecule has 1 aliphatic heterocycles. The molecule has 0 radical (unpaired) electrons. The highest BCUT2D eigenvalue weighted by atomic mass is 16.3. The van der Waals surface area contributed by atoms with Gasteiger partial charge in [0.25, 0.3) is 0 Å². The first kappa shape index (κ1) is 12.7. The lowest BCUT2D eigenvalue weighted by molar-refractivity contribution is 0.167. The van der Waals surface area contributed by atoms with Crippen LogP contribution < -0.4 is 5.32 Å². The summed E-state index contributed by atoms with van der Waals surface area (Å²) in [5, 5.41) is 12.4. The minimum atomic E-state index is 0.244. The van der Waals surface area contributed by atoms with Crippen LogP contribution in [-0.2, 0) is 0 Å². The predicted molar refractivity (Wildman–Crippen MR) is 63.9 cm³/mol. The lowest BCUT2D eigenvalue weighted by Crippen LogP contribution is -2.41. The zero-order chi connectivity index (χ0) is 11.1. The van der Waals surface area contributed by atoms with Gasteiger partial charge in [-0.05, 0) is 32.2 Å². The van der Waals surface area contributed by atoms with Crippen molar-refractivity contribution in [1.29, 1.82) is 0 Å². The Morgan fingerprint density at radius 3 is 3.00 bits per heavy atom. The van der Waals surface area contributed by atoms with Gasteiger partial charge >= 0.3 is 0 Å². The van der Waals surface area contributed by atoms with E-state index in [1.165, 1.54) is 12.8 Å². The van der Waals surface area contributed by atoms with Gasteiger partial charge in [0.1, 0.15) is 0 Å². The zero-order valence-corrected chi connectivity index (χ0v) is 9.78. The molecule has 0 saturated carbocycles. The maximum absolute atomic E-state index is 8.96. The molecule has 0 amide bonds. The van der Waals surface area contributed by atoms with E-state index in [2.05, 4.69) is 23.7 Å². The molecule has 1 saturated heterocycles. The summed E-state index contributed by atoms with van der Waals surface area (Å²) in [7, 11) is 0. The Hall–Kier alpha value is -0.380. The summed E-state index contributed by atoms with van der Waals surface area (Å²) in [6.07, 6.45) is 4.42. The number of piperidine rings is 1. The SMILES string of the molecule is C=CCN(CCO)CC1CCNC(C)C1. The molecular weight excluding hydrogens is 188 g/mol. The monoisotopic (exact) mass is 212 g/mol. The smallest absolute Gasteiger partial charge is 0.0558 e. The third kappa shape index (κ3) is 4.78. The summed E-state index contributed by atoms with van der Waals surface area (Å²) >= 11 is 0. The summed E-state index contributed by atoms with van der Waals surface area (Å²) in [6, 6.07) is 0.642. The molecule has 1 aliphatic rings. The fourth-order valence-electron chi connectivity index (χ4n) is 2.35. The topological polar surface area (TPSA) is 35.5 Å². The Morgan fingerprint density at radius 2 is 2.40 bits per heavy atom. The Balaban J connectivity index is 2.31. The van der Waals surface area contributed by atoms with Gasteiger partial charge in [-0.25, -0.2) is 0 Å².